The van der Waals surface area contributed by atoms with E-state index in [-0.39, 0.29) is 0 Å². The van der Waals surface area contributed by atoms with Crippen LogP contribution in [0.4, 0.5) is 5.69 Å². The first kappa shape index (κ1) is 13.5. The van der Waals surface area contributed by atoms with Crippen LogP contribution in [0.3, 0.4) is 0 Å². The second kappa shape index (κ2) is 5.83. The van der Waals surface area contributed by atoms with Gasteiger partial charge >= 0.3 is 0 Å². The Morgan fingerprint density at radius 2 is 1.83 bits per heavy atom. The van der Waals surface area contributed by atoms with E-state index < -0.39 is 0 Å². The smallest absolute Gasteiger partial charge is 0.136 e. The predicted molar refractivity (Wildman–Crippen MR) is 79.3 cm³/mol. The van der Waals surface area contributed by atoms with Gasteiger partial charge in [0.1, 0.15) is 12.4 Å². The summed E-state index contributed by atoms with van der Waals surface area (Å²) < 4.78 is 6.53. The molecule has 0 fully saturated rings. The third kappa shape index (κ3) is 3.31. The number of nitrogen functional groups attached to an aromatic ring is 1. The van der Waals surface area contributed by atoms with Crippen LogP contribution in [0.1, 0.15) is 5.56 Å². The first-order valence-electron chi connectivity index (χ1n) is 5.18. The summed E-state index contributed by atoms with van der Waals surface area (Å²) in [6.45, 7) is 0.402. The average Bonchev–Trinajstić information content (AvgIpc) is 2.34. The van der Waals surface area contributed by atoms with Gasteiger partial charge in [-0.2, -0.15) is 0 Å². The van der Waals surface area contributed by atoms with Gasteiger partial charge in [-0.25, -0.2) is 0 Å². The lowest BCUT2D eigenvalue weighted by Crippen LogP contribution is -1.97. The molecular weight excluding hydrogens is 337 g/mol. The molecule has 0 saturated carbocycles. The van der Waals surface area contributed by atoms with Gasteiger partial charge in [0.05, 0.1) is 14.5 Å². The summed E-state index contributed by atoms with van der Waals surface area (Å²) >= 11 is 15.2. The Hall–Kier alpha value is -0.900. The molecule has 0 heterocycles. The number of benzene rings is 2. The molecule has 0 aromatic heterocycles. The molecule has 18 heavy (non-hydrogen) atoms. The Bertz CT molecular complexity index is 575. The van der Waals surface area contributed by atoms with E-state index in [4.69, 9.17) is 33.7 Å². The standard InChI is InChI=1S/C13H10BrCl2NO/c14-10-3-2-9(17)6-13(10)18-7-8-1-4-11(15)12(16)5-8/h1-6H,7,17H2. The van der Waals surface area contributed by atoms with Crippen LogP contribution in [-0.2, 0) is 6.61 Å². The van der Waals surface area contributed by atoms with Crippen LogP contribution in [0.25, 0.3) is 0 Å². The minimum Gasteiger partial charge on any atom is -0.488 e. The van der Waals surface area contributed by atoms with E-state index in [0.29, 0.717) is 28.1 Å². The lowest BCUT2D eigenvalue weighted by molar-refractivity contribution is 0.304. The molecule has 0 aliphatic carbocycles. The molecule has 0 atom stereocenters. The minimum absolute atomic E-state index is 0.402. The van der Waals surface area contributed by atoms with Crippen molar-refractivity contribution in [2.24, 2.45) is 0 Å². The van der Waals surface area contributed by atoms with Crippen LogP contribution in [0.15, 0.2) is 40.9 Å². The highest BCUT2D eigenvalue weighted by atomic mass is 79.9. The largest absolute Gasteiger partial charge is 0.488 e. The van der Waals surface area contributed by atoms with Crippen molar-refractivity contribution in [1.82, 2.24) is 0 Å². The van der Waals surface area contributed by atoms with Crippen LogP contribution in [-0.4, -0.2) is 0 Å². The summed E-state index contributed by atoms with van der Waals surface area (Å²) in [4.78, 5) is 0. The van der Waals surface area contributed by atoms with E-state index in [1.165, 1.54) is 0 Å². The van der Waals surface area contributed by atoms with Crippen molar-refractivity contribution < 1.29 is 4.74 Å². The molecule has 5 heteroatoms. The van der Waals surface area contributed by atoms with E-state index in [2.05, 4.69) is 15.9 Å². The van der Waals surface area contributed by atoms with E-state index >= 15 is 0 Å². The highest BCUT2D eigenvalue weighted by molar-refractivity contribution is 9.10. The van der Waals surface area contributed by atoms with Gasteiger partial charge in [0, 0.05) is 11.8 Å². The van der Waals surface area contributed by atoms with Gasteiger partial charge in [0.15, 0.2) is 0 Å². The number of hydrogen-bond donors (Lipinski definition) is 1. The number of ether oxygens (including phenoxy) is 1. The summed E-state index contributed by atoms with van der Waals surface area (Å²) in [5.41, 5.74) is 7.30. The second-order valence-corrected chi connectivity index (χ2v) is 5.40. The van der Waals surface area contributed by atoms with Crippen molar-refractivity contribution in [3.8, 4) is 5.75 Å². The van der Waals surface area contributed by atoms with Crippen molar-refractivity contribution in [2.45, 2.75) is 6.61 Å². The monoisotopic (exact) mass is 345 g/mol. The molecule has 0 spiro atoms. The van der Waals surface area contributed by atoms with Crippen LogP contribution < -0.4 is 10.5 Å². The van der Waals surface area contributed by atoms with Crippen molar-refractivity contribution in [1.29, 1.82) is 0 Å². The van der Waals surface area contributed by atoms with Crippen LogP contribution in [0.2, 0.25) is 10.0 Å². The quantitative estimate of drug-likeness (QED) is 0.801. The maximum atomic E-state index is 5.94. The highest BCUT2D eigenvalue weighted by Gasteiger charge is 2.04. The highest BCUT2D eigenvalue weighted by Crippen LogP contribution is 2.28. The summed E-state index contributed by atoms with van der Waals surface area (Å²) in [6.07, 6.45) is 0. The fourth-order valence-corrected chi connectivity index (χ4v) is 2.10. The third-order valence-corrected chi connectivity index (χ3v) is 3.73. The van der Waals surface area contributed by atoms with Gasteiger partial charge in [-0.15, -0.1) is 0 Å². The van der Waals surface area contributed by atoms with Gasteiger partial charge in [0.2, 0.25) is 0 Å². The van der Waals surface area contributed by atoms with Crippen molar-refractivity contribution in [2.75, 3.05) is 5.73 Å². The van der Waals surface area contributed by atoms with E-state index in [9.17, 15) is 0 Å². The fourth-order valence-electron chi connectivity index (χ4n) is 1.42. The molecule has 0 aliphatic rings. The summed E-state index contributed by atoms with van der Waals surface area (Å²) in [5, 5.41) is 1.05. The molecule has 0 bridgehead atoms. The zero-order valence-electron chi connectivity index (χ0n) is 9.29. The number of hydrogen-bond acceptors (Lipinski definition) is 2. The SMILES string of the molecule is Nc1ccc(Br)c(OCc2ccc(Cl)c(Cl)c2)c1. The summed E-state index contributed by atoms with van der Waals surface area (Å²) in [6, 6.07) is 10.8. The first-order chi connectivity index (χ1) is 8.56. The number of halogens is 3. The lowest BCUT2D eigenvalue weighted by Gasteiger charge is -2.09. The Labute approximate surface area is 124 Å². The van der Waals surface area contributed by atoms with Gasteiger partial charge in [0.25, 0.3) is 0 Å². The van der Waals surface area contributed by atoms with Crippen molar-refractivity contribution >= 4 is 44.8 Å². The molecule has 0 unspecified atom stereocenters. The Morgan fingerprint density at radius 3 is 2.56 bits per heavy atom. The maximum absolute atomic E-state index is 5.94. The van der Waals surface area contributed by atoms with E-state index in [0.717, 1.165) is 10.0 Å². The summed E-state index contributed by atoms with van der Waals surface area (Å²) in [7, 11) is 0. The first-order valence-corrected chi connectivity index (χ1v) is 6.73. The number of rotatable bonds is 3. The van der Waals surface area contributed by atoms with Gasteiger partial charge < -0.3 is 10.5 Å². The molecule has 94 valence electrons. The maximum Gasteiger partial charge on any atom is 0.136 e. The molecule has 2 nitrogen and oxygen atoms in total. The molecular formula is C13H10BrCl2NO. The van der Waals surface area contributed by atoms with Crippen molar-refractivity contribution in [3.05, 3.63) is 56.5 Å². The zero-order chi connectivity index (χ0) is 13.1. The Kier molecular flexibility index (Phi) is 4.38. The lowest BCUT2D eigenvalue weighted by atomic mass is 10.2. The molecule has 0 aliphatic heterocycles. The topological polar surface area (TPSA) is 35.2 Å². The predicted octanol–water partition coefficient (Wildman–Crippen LogP) is 4.92. The molecule has 0 amide bonds. The molecule has 2 aromatic carbocycles. The molecule has 2 aromatic rings. The van der Waals surface area contributed by atoms with Crippen molar-refractivity contribution in [3.63, 3.8) is 0 Å². The zero-order valence-corrected chi connectivity index (χ0v) is 12.4. The Balaban J connectivity index is 2.11. The van der Waals surface area contributed by atoms with Gasteiger partial charge in [-0.3, -0.25) is 0 Å². The Morgan fingerprint density at radius 1 is 1.06 bits per heavy atom. The summed E-state index contributed by atoms with van der Waals surface area (Å²) in [5.74, 6) is 0.695. The average molecular weight is 347 g/mol. The van der Waals surface area contributed by atoms with E-state index in [1.807, 2.05) is 12.1 Å². The molecule has 2 rings (SSSR count). The normalized spacial score (nSPS) is 10.4. The minimum atomic E-state index is 0.402. The van der Waals surface area contributed by atoms with E-state index in [1.54, 1.807) is 24.3 Å². The third-order valence-electron chi connectivity index (χ3n) is 2.33. The van der Waals surface area contributed by atoms with Gasteiger partial charge in [-0.1, -0.05) is 29.3 Å². The van der Waals surface area contributed by atoms with Gasteiger partial charge in [-0.05, 0) is 45.8 Å². The molecule has 0 saturated heterocycles. The van der Waals surface area contributed by atoms with Crippen LogP contribution in [0, 0.1) is 0 Å². The van der Waals surface area contributed by atoms with Crippen LogP contribution in [0.5, 0.6) is 5.75 Å². The second-order valence-electron chi connectivity index (χ2n) is 3.73. The fraction of sp³-hybridized carbons (Fsp3) is 0.0769. The molecule has 2 N–H and O–H groups in total. The van der Waals surface area contributed by atoms with Crippen LogP contribution >= 0.6 is 39.1 Å². The number of nitrogens with two attached hydrogens (primary N) is 1. The molecule has 0 radical (unpaired) electrons. The number of anilines is 1.